The third kappa shape index (κ3) is 3.56. The summed E-state index contributed by atoms with van der Waals surface area (Å²) in [5.74, 6) is 0.953. The molecule has 0 aliphatic carbocycles. The van der Waals surface area contributed by atoms with Crippen molar-refractivity contribution in [2.24, 2.45) is 0 Å². The van der Waals surface area contributed by atoms with Crippen LogP contribution in [0.5, 0.6) is 0 Å². The van der Waals surface area contributed by atoms with Crippen LogP contribution in [0.3, 0.4) is 0 Å². The van der Waals surface area contributed by atoms with E-state index in [2.05, 4.69) is 20.8 Å². The Labute approximate surface area is 102 Å². The number of thiophene rings is 1. The molecule has 0 radical (unpaired) electrons. The van der Waals surface area contributed by atoms with E-state index in [9.17, 15) is 4.79 Å². The Balaban J connectivity index is 1.71. The zero-order valence-electron chi connectivity index (χ0n) is 9.27. The lowest BCUT2D eigenvalue weighted by Gasteiger charge is -2.03. The first-order valence-corrected chi connectivity index (χ1v) is 5.95. The molecule has 2 amide bonds. The van der Waals surface area contributed by atoms with Crippen molar-refractivity contribution in [2.45, 2.75) is 20.0 Å². The molecule has 6 nitrogen and oxygen atoms in total. The van der Waals surface area contributed by atoms with E-state index >= 15 is 0 Å². The molecule has 2 rings (SSSR count). The van der Waals surface area contributed by atoms with Crippen molar-refractivity contribution in [3.8, 4) is 0 Å². The molecule has 0 bridgehead atoms. The SMILES string of the molecule is Cc1noc(CNC(=O)NCc2cccs2)n1. The van der Waals surface area contributed by atoms with Crippen molar-refractivity contribution in [2.75, 3.05) is 0 Å². The van der Waals surface area contributed by atoms with Gasteiger partial charge in [-0.05, 0) is 18.4 Å². The van der Waals surface area contributed by atoms with E-state index < -0.39 is 0 Å². The zero-order valence-corrected chi connectivity index (χ0v) is 10.1. The predicted octanol–water partition coefficient (Wildman–Crippen LogP) is 1.44. The van der Waals surface area contributed by atoms with E-state index in [0.717, 1.165) is 4.88 Å². The summed E-state index contributed by atoms with van der Waals surface area (Å²) in [6.07, 6.45) is 0. The minimum Gasteiger partial charge on any atom is -0.337 e. The summed E-state index contributed by atoms with van der Waals surface area (Å²) in [7, 11) is 0. The van der Waals surface area contributed by atoms with Crippen LogP contribution in [-0.2, 0) is 13.1 Å². The normalized spacial score (nSPS) is 10.2. The number of amides is 2. The topological polar surface area (TPSA) is 80.0 Å². The van der Waals surface area contributed by atoms with Crippen molar-refractivity contribution < 1.29 is 9.32 Å². The number of urea groups is 1. The second-order valence-electron chi connectivity index (χ2n) is 3.35. The quantitative estimate of drug-likeness (QED) is 0.862. The lowest BCUT2D eigenvalue weighted by molar-refractivity contribution is 0.238. The second kappa shape index (κ2) is 5.44. The van der Waals surface area contributed by atoms with E-state index in [1.807, 2.05) is 17.5 Å². The third-order valence-electron chi connectivity index (χ3n) is 1.97. The maximum atomic E-state index is 11.4. The van der Waals surface area contributed by atoms with Gasteiger partial charge < -0.3 is 15.2 Å². The van der Waals surface area contributed by atoms with Crippen LogP contribution >= 0.6 is 11.3 Å². The highest BCUT2D eigenvalue weighted by Crippen LogP contribution is 2.07. The molecule has 0 atom stereocenters. The summed E-state index contributed by atoms with van der Waals surface area (Å²) < 4.78 is 4.86. The maximum absolute atomic E-state index is 11.4. The number of nitrogens with zero attached hydrogens (tertiary/aromatic N) is 2. The third-order valence-corrected chi connectivity index (χ3v) is 2.85. The van der Waals surface area contributed by atoms with Crippen molar-refractivity contribution >= 4 is 17.4 Å². The van der Waals surface area contributed by atoms with E-state index in [-0.39, 0.29) is 12.6 Å². The van der Waals surface area contributed by atoms with Crippen molar-refractivity contribution in [3.05, 3.63) is 34.1 Å². The van der Waals surface area contributed by atoms with Crippen LogP contribution < -0.4 is 10.6 Å². The second-order valence-corrected chi connectivity index (χ2v) is 4.38. The fourth-order valence-electron chi connectivity index (χ4n) is 1.21. The highest BCUT2D eigenvalue weighted by molar-refractivity contribution is 7.09. The summed E-state index contributed by atoms with van der Waals surface area (Å²) in [6.45, 7) is 2.48. The first kappa shape index (κ1) is 11.6. The average molecular weight is 252 g/mol. The predicted molar refractivity (Wildman–Crippen MR) is 62.4 cm³/mol. The van der Waals surface area contributed by atoms with Gasteiger partial charge in [0.25, 0.3) is 0 Å². The van der Waals surface area contributed by atoms with Gasteiger partial charge in [-0.15, -0.1) is 11.3 Å². The Kier molecular flexibility index (Phi) is 3.71. The molecule has 0 fully saturated rings. The number of nitrogens with one attached hydrogen (secondary N) is 2. The first-order chi connectivity index (χ1) is 8.24. The van der Waals surface area contributed by atoms with Gasteiger partial charge in [0.05, 0.1) is 13.1 Å². The van der Waals surface area contributed by atoms with Crippen LogP contribution in [0.15, 0.2) is 22.0 Å². The van der Waals surface area contributed by atoms with Gasteiger partial charge >= 0.3 is 6.03 Å². The van der Waals surface area contributed by atoms with Gasteiger partial charge in [-0.2, -0.15) is 4.98 Å². The summed E-state index contributed by atoms with van der Waals surface area (Å²) in [5, 5.41) is 11.0. The number of aromatic nitrogens is 2. The van der Waals surface area contributed by atoms with Crippen LogP contribution in [0, 0.1) is 6.92 Å². The van der Waals surface area contributed by atoms with Gasteiger partial charge in [0.2, 0.25) is 5.89 Å². The molecule has 0 aromatic carbocycles. The highest BCUT2D eigenvalue weighted by atomic mass is 32.1. The fourth-order valence-corrected chi connectivity index (χ4v) is 1.86. The van der Waals surface area contributed by atoms with Gasteiger partial charge in [-0.25, -0.2) is 4.79 Å². The van der Waals surface area contributed by atoms with Crippen LogP contribution in [-0.4, -0.2) is 16.2 Å². The maximum Gasteiger partial charge on any atom is 0.315 e. The van der Waals surface area contributed by atoms with Gasteiger partial charge in [-0.1, -0.05) is 11.2 Å². The Hall–Kier alpha value is -1.89. The molecule has 2 aromatic rings. The monoisotopic (exact) mass is 252 g/mol. The van der Waals surface area contributed by atoms with Gasteiger partial charge in [-0.3, -0.25) is 0 Å². The average Bonchev–Trinajstić information content (AvgIpc) is 2.95. The number of carbonyl (C=O) groups excluding carboxylic acids is 1. The van der Waals surface area contributed by atoms with E-state index in [1.165, 1.54) is 0 Å². The Morgan fingerprint density at radius 3 is 2.94 bits per heavy atom. The highest BCUT2D eigenvalue weighted by Gasteiger charge is 2.05. The van der Waals surface area contributed by atoms with Crippen molar-refractivity contribution in [1.29, 1.82) is 0 Å². The smallest absolute Gasteiger partial charge is 0.315 e. The van der Waals surface area contributed by atoms with Crippen molar-refractivity contribution in [3.63, 3.8) is 0 Å². The van der Waals surface area contributed by atoms with Crippen molar-refractivity contribution in [1.82, 2.24) is 20.8 Å². The molecule has 7 heteroatoms. The van der Waals surface area contributed by atoms with Crippen LogP contribution in [0.4, 0.5) is 4.79 Å². The molecule has 0 aliphatic rings. The zero-order chi connectivity index (χ0) is 12.1. The summed E-state index contributed by atoms with van der Waals surface area (Å²) in [5.41, 5.74) is 0. The molecular weight excluding hydrogens is 240 g/mol. The van der Waals surface area contributed by atoms with Gasteiger partial charge in [0.1, 0.15) is 0 Å². The summed E-state index contributed by atoms with van der Waals surface area (Å²) in [6, 6.07) is 3.65. The van der Waals surface area contributed by atoms with E-state index in [1.54, 1.807) is 18.3 Å². The fraction of sp³-hybridized carbons (Fsp3) is 0.300. The minimum atomic E-state index is -0.255. The number of aryl methyl sites for hydroxylation is 1. The van der Waals surface area contributed by atoms with Gasteiger partial charge in [0.15, 0.2) is 5.82 Å². The molecule has 17 heavy (non-hydrogen) atoms. The summed E-state index contributed by atoms with van der Waals surface area (Å²) >= 11 is 1.60. The molecule has 2 aromatic heterocycles. The van der Waals surface area contributed by atoms with Crippen LogP contribution in [0.1, 0.15) is 16.6 Å². The Morgan fingerprint density at radius 2 is 2.29 bits per heavy atom. The molecule has 2 N–H and O–H groups in total. The largest absolute Gasteiger partial charge is 0.337 e. The summed E-state index contributed by atoms with van der Waals surface area (Å²) in [4.78, 5) is 16.5. The van der Waals surface area contributed by atoms with Gasteiger partial charge in [0, 0.05) is 4.88 Å². The standard InChI is InChI=1S/C10H12N4O2S/c1-7-13-9(16-14-7)6-12-10(15)11-5-8-3-2-4-17-8/h2-4H,5-6H2,1H3,(H2,11,12,15). The van der Waals surface area contributed by atoms with Crippen LogP contribution in [0.25, 0.3) is 0 Å². The Bertz CT molecular complexity index is 480. The number of rotatable bonds is 4. The molecule has 0 spiro atoms. The number of hydrogen-bond donors (Lipinski definition) is 2. The van der Waals surface area contributed by atoms with E-state index in [4.69, 9.17) is 4.52 Å². The molecule has 90 valence electrons. The molecule has 0 unspecified atom stereocenters. The first-order valence-electron chi connectivity index (χ1n) is 5.07. The Morgan fingerprint density at radius 1 is 1.47 bits per heavy atom. The molecule has 0 saturated carbocycles. The van der Waals surface area contributed by atoms with Crippen LogP contribution in [0.2, 0.25) is 0 Å². The minimum absolute atomic E-state index is 0.233. The molecule has 0 saturated heterocycles. The number of hydrogen-bond acceptors (Lipinski definition) is 5. The molecule has 2 heterocycles. The molecular formula is C10H12N4O2S. The number of carbonyl (C=O) groups is 1. The lowest BCUT2D eigenvalue weighted by atomic mass is 10.5. The van der Waals surface area contributed by atoms with E-state index in [0.29, 0.717) is 18.3 Å². The lowest BCUT2D eigenvalue weighted by Crippen LogP contribution is -2.34. The molecule has 0 aliphatic heterocycles.